The summed E-state index contributed by atoms with van der Waals surface area (Å²) in [5, 5.41) is 0. The van der Waals surface area contributed by atoms with E-state index in [4.69, 9.17) is 0 Å². The highest BCUT2D eigenvalue weighted by Crippen LogP contribution is 2.44. The third-order valence-corrected chi connectivity index (χ3v) is 3.64. The van der Waals surface area contributed by atoms with Gasteiger partial charge >= 0.3 is 5.97 Å². The van der Waals surface area contributed by atoms with Gasteiger partial charge in [-0.2, -0.15) is 0 Å². The van der Waals surface area contributed by atoms with E-state index in [1.807, 2.05) is 6.08 Å². The van der Waals surface area contributed by atoms with Crippen LogP contribution in [0.15, 0.2) is 12.2 Å². The largest absolute Gasteiger partial charge is 0.466 e. The molecule has 1 aliphatic rings. The zero-order valence-corrected chi connectivity index (χ0v) is 10.2. The van der Waals surface area contributed by atoms with Crippen molar-refractivity contribution in [2.24, 2.45) is 17.3 Å². The van der Waals surface area contributed by atoms with Crippen molar-refractivity contribution in [2.75, 3.05) is 7.11 Å². The molecule has 2 heteroatoms. The van der Waals surface area contributed by atoms with Crippen LogP contribution in [-0.4, -0.2) is 13.1 Å². The number of ether oxygens (including phenoxy) is 1. The maximum Gasteiger partial charge on any atom is 0.330 e. The number of hydrogen-bond acceptors (Lipinski definition) is 2. The number of hydrogen-bond donors (Lipinski definition) is 0. The summed E-state index contributed by atoms with van der Waals surface area (Å²) in [5.41, 5.74) is 0.308. The first-order valence-corrected chi connectivity index (χ1v) is 5.73. The molecule has 0 heterocycles. The summed E-state index contributed by atoms with van der Waals surface area (Å²) in [7, 11) is 1.42. The molecule has 1 saturated carbocycles. The summed E-state index contributed by atoms with van der Waals surface area (Å²) in [5.74, 6) is 0.906. The van der Waals surface area contributed by atoms with Gasteiger partial charge in [0.2, 0.25) is 0 Å². The molecule has 0 radical (unpaired) electrons. The van der Waals surface area contributed by atoms with Crippen molar-refractivity contribution in [3.63, 3.8) is 0 Å². The standard InChI is InChI=1S/C13H22O2/c1-10-6-5-9-13(2,3)11(10)7-8-12(14)15-4/h7-8,10-11H,5-6,9H2,1-4H3/b8-7+. The van der Waals surface area contributed by atoms with Gasteiger partial charge in [-0.15, -0.1) is 0 Å². The minimum atomic E-state index is -0.247. The van der Waals surface area contributed by atoms with E-state index < -0.39 is 0 Å². The van der Waals surface area contributed by atoms with Gasteiger partial charge in [-0.05, 0) is 23.7 Å². The van der Waals surface area contributed by atoms with Gasteiger partial charge in [-0.25, -0.2) is 4.79 Å². The highest BCUT2D eigenvalue weighted by Gasteiger charge is 2.34. The Hall–Kier alpha value is -0.790. The molecule has 0 aliphatic heterocycles. The molecule has 0 spiro atoms. The van der Waals surface area contributed by atoms with Gasteiger partial charge in [0.05, 0.1) is 7.11 Å². The fourth-order valence-corrected chi connectivity index (χ4v) is 2.70. The maximum atomic E-state index is 11.1. The van der Waals surface area contributed by atoms with Gasteiger partial charge in [0.15, 0.2) is 0 Å². The van der Waals surface area contributed by atoms with Crippen LogP contribution in [0.5, 0.6) is 0 Å². The Balaban J connectivity index is 2.71. The molecule has 0 amide bonds. The van der Waals surface area contributed by atoms with Gasteiger partial charge in [0.1, 0.15) is 0 Å². The van der Waals surface area contributed by atoms with Gasteiger partial charge in [-0.3, -0.25) is 0 Å². The number of carbonyl (C=O) groups excluding carboxylic acids is 1. The molecular formula is C13H22O2. The first-order chi connectivity index (χ1) is 6.97. The minimum absolute atomic E-state index is 0.247. The zero-order chi connectivity index (χ0) is 11.5. The normalized spacial score (nSPS) is 30.4. The van der Waals surface area contributed by atoms with Gasteiger partial charge < -0.3 is 4.74 Å². The van der Waals surface area contributed by atoms with Crippen molar-refractivity contribution in [3.8, 4) is 0 Å². The van der Waals surface area contributed by atoms with E-state index in [9.17, 15) is 4.79 Å². The summed E-state index contributed by atoms with van der Waals surface area (Å²) in [4.78, 5) is 11.1. The molecule has 2 nitrogen and oxygen atoms in total. The summed E-state index contributed by atoms with van der Waals surface area (Å²) in [6, 6.07) is 0. The van der Waals surface area contributed by atoms with E-state index in [1.165, 1.54) is 26.4 Å². The van der Waals surface area contributed by atoms with Crippen molar-refractivity contribution in [2.45, 2.75) is 40.0 Å². The van der Waals surface area contributed by atoms with E-state index in [-0.39, 0.29) is 5.97 Å². The Bertz CT molecular complexity index is 253. The first kappa shape index (κ1) is 12.3. The minimum Gasteiger partial charge on any atom is -0.466 e. The number of carbonyl (C=O) groups is 1. The van der Waals surface area contributed by atoms with Crippen LogP contribution in [0.2, 0.25) is 0 Å². The highest BCUT2D eigenvalue weighted by molar-refractivity contribution is 5.81. The fourth-order valence-electron chi connectivity index (χ4n) is 2.70. The molecule has 0 aromatic carbocycles. The fraction of sp³-hybridized carbons (Fsp3) is 0.769. The summed E-state index contributed by atoms with van der Waals surface area (Å²) in [6.07, 6.45) is 7.42. The smallest absolute Gasteiger partial charge is 0.330 e. The highest BCUT2D eigenvalue weighted by atomic mass is 16.5. The molecule has 2 unspecified atom stereocenters. The molecule has 0 aromatic heterocycles. The predicted octanol–water partition coefficient (Wildman–Crippen LogP) is 3.18. The number of methoxy groups -OCH3 is 1. The van der Waals surface area contributed by atoms with E-state index in [2.05, 4.69) is 25.5 Å². The number of esters is 1. The van der Waals surface area contributed by atoms with Crippen LogP contribution in [-0.2, 0) is 9.53 Å². The van der Waals surface area contributed by atoms with Crippen molar-refractivity contribution in [3.05, 3.63) is 12.2 Å². The summed E-state index contributed by atoms with van der Waals surface area (Å²) in [6.45, 7) is 6.84. The van der Waals surface area contributed by atoms with Crippen LogP contribution in [0, 0.1) is 17.3 Å². The third kappa shape index (κ3) is 3.08. The SMILES string of the molecule is COC(=O)/C=C/C1C(C)CCCC1(C)C. The van der Waals surface area contributed by atoms with Crippen molar-refractivity contribution < 1.29 is 9.53 Å². The first-order valence-electron chi connectivity index (χ1n) is 5.73. The summed E-state index contributed by atoms with van der Waals surface area (Å²) < 4.78 is 4.62. The lowest BCUT2D eigenvalue weighted by Gasteiger charge is -2.41. The quantitative estimate of drug-likeness (QED) is 0.517. The van der Waals surface area contributed by atoms with E-state index in [1.54, 1.807) is 6.08 Å². The Labute approximate surface area is 92.7 Å². The lowest BCUT2D eigenvalue weighted by molar-refractivity contribution is -0.134. The number of rotatable bonds is 2. The van der Waals surface area contributed by atoms with Gasteiger partial charge in [-0.1, -0.05) is 39.7 Å². The molecule has 0 bridgehead atoms. The molecule has 1 rings (SSSR count). The van der Waals surface area contributed by atoms with Crippen molar-refractivity contribution in [1.29, 1.82) is 0 Å². The molecule has 0 N–H and O–H groups in total. The average Bonchev–Trinajstić information content (AvgIpc) is 2.15. The molecule has 15 heavy (non-hydrogen) atoms. The van der Waals surface area contributed by atoms with Crippen molar-refractivity contribution in [1.82, 2.24) is 0 Å². The Morgan fingerprint density at radius 3 is 2.67 bits per heavy atom. The second-order valence-corrected chi connectivity index (χ2v) is 5.27. The number of allylic oxidation sites excluding steroid dienone is 1. The molecule has 86 valence electrons. The predicted molar refractivity (Wildman–Crippen MR) is 61.4 cm³/mol. The maximum absolute atomic E-state index is 11.1. The van der Waals surface area contributed by atoms with Crippen LogP contribution < -0.4 is 0 Å². The second kappa shape index (κ2) is 4.82. The molecule has 2 atom stereocenters. The lowest BCUT2D eigenvalue weighted by atomic mass is 9.64. The second-order valence-electron chi connectivity index (χ2n) is 5.27. The third-order valence-electron chi connectivity index (χ3n) is 3.64. The molecular weight excluding hydrogens is 188 g/mol. The van der Waals surface area contributed by atoms with Crippen LogP contribution in [0.3, 0.4) is 0 Å². The van der Waals surface area contributed by atoms with Crippen LogP contribution in [0.4, 0.5) is 0 Å². The zero-order valence-electron chi connectivity index (χ0n) is 10.2. The van der Waals surface area contributed by atoms with Crippen LogP contribution in [0.1, 0.15) is 40.0 Å². The van der Waals surface area contributed by atoms with Gasteiger partial charge in [0.25, 0.3) is 0 Å². The molecule has 1 aliphatic carbocycles. The van der Waals surface area contributed by atoms with Crippen LogP contribution in [0.25, 0.3) is 0 Å². The Morgan fingerprint density at radius 1 is 1.47 bits per heavy atom. The Morgan fingerprint density at radius 2 is 2.13 bits per heavy atom. The topological polar surface area (TPSA) is 26.3 Å². The van der Waals surface area contributed by atoms with E-state index in [0.717, 1.165) is 0 Å². The van der Waals surface area contributed by atoms with Gasteiger partial charge in [0, 0.05) is 6.08 Å². The monoisotopic (exact) mass is 210 g/mol. The average molecular weight is 210 g/mol. The van der Waals surface area contributed by atoms with Crippen LogP contribution >= 0.6 is 0 Å². The van der Waals surface area contributed by atoms with Crippen molar-refractivity contribution >= 4 is 5.97 Å². The van der Waals surface area contributed by atoms with E-state index in [0.29, 0.717) is 17.3 Å². The lowest BCUT2D eigenvalue weighted by Crippen LogP contribution is -2.32. The molecule has 0 aromatic rings. The van der Waals surface area contributed by atoms with E-state index >= 15 is 0 Å². The summed E-state index contributed by atoms with van der Waals surface area (Å²) >= 11 is 0. The molecule has 0 saturated heterocycles. The molecule has 1 fully saturated rings. The Kier molecular flexibility index (Phi) is 3.95.